The van der Waals surface area contributed by atoms with Crippen LogP contribution in [0.1, 0.15) is 153 Å². The predicted octanol–water partition coefficient (Wildman–Crippen LogP) is 10.1. The molecule has 0 aliphatic rings. The van der Waals surface area contributed by atoms with Crippen LogP contribution in [0.5, 0.6) is 11.5 Å². The van der Waals surface area contributed by atoms with Gasteiger partial charge in [-0.3, -0.25) is 0 Å². The second-order valence-corrected chi connectivity index (χ2v) is 13.6. The molecule has 0 unspecified atom stereocenters. The summed E-state index contributed by atoms with van der Waals surface area (Å²) in [4.78, 5) is 0. The van der Waals surface area contributed by atoms with E-state index in [2.05, 4.69) is 93.5 Å². The van der Waals surface area contributed by atoms with Crippen LogP contribution in [-0.2, 0) is 23.7 Å². The van der Waals surface area contributed by atoms with Gasteiger partial charge in [-0.15, -0.1) is 0 Å². The Morgan fingerprint density at radius 2 is 0.833 bits per heavy atom. The number of aryl methyl sites for hydroxylation is 2. The summed E-state index contributed by atoms with van der Waals surface area (Å²) in [5.74, 6) is 1.64. The fourth-order valence-electron chi connectivity index (χ4n) is 5.12. The van der Waals surface area contributed by atoms with E-state index in [9.17, 15) is 10.2 Å². The van der Waals surface area contributed by atoms with Crippen molar-refractivity contribution < 1.29 is 10.2 Å². The molecule has 2 heteroatoms. The monoisotopic (exact) mass is 494 g/mol. The Morgan fingerprint density at radius 1 is 0.528 bits per heavy atom. The van der Waals surface area contributed by atoms with Crippen molar-refractivity contribution in [1.82, 2.24) is 0 Å². The summed E-state index contributed by atoms with van der Waals surface area (Å²) in [7, 11) is 0. The molecule has 0 aromatic heterocycles. The van der Waals surface area contributed by atoms with Crippen molar-refractivity contribution in [3.8, 4) is 11.5 Å². The average molecular weight is 495 g/mol. The SMILES string of the molecule is CC(C)c1cc(CCCCCCCCc2cc(C(C)C)c(O)c(C(C)(C)C)c2)cc(C(C)(C)C)c1O. The van der Waals surface area contributed by atoms with Gasteiger partial charge in [-0.2, -0.15) is 0 Å². The van der Waals surface area contributed by atoms with Crippen LogP contribution >= 0.6 is 0 Å². The number of aromatic hydroxyl groups is 2. The van der Waals surface area contributed by atoms with Gasteiger partial charge < -0.3 is 10.2 Å². The second kappa shape index (κ2) is 12.5. The van der Waals surface area contributed by atoms with Gasteiger partial charge in [0.15, 0.2) is 0 Å². The van der Waals surface area contributed by atoms with Gasteiger partial charge in [0.2, 0.25) is 0 Å². The molecule has 0 aliphatic heterocycles. The molecular weight excluding hydrogens is 440 g/mol. The highest BCUT2D eigenvalue weighted by molar-refractivity contribution is 5.49. The number of unbranched alkanes of at least 4 members (excludes halogenated alkanes) is 5. The molecule has 0 saturated carbocycles. The first-order valence-electron chi connectivity index (χ1n) is 14.4. The zero-order valence-corrected chi connectivity index (χ0v) is 25.0. The van der Waals surface area contributed by atoms with Crippen molar-refractivity contribution in [3.05, 3.63) is 57.6 Å². The van der Waals surface area contributed by atoms with E-state index in [0.29, 0.717) is 23.3 Å². The Labute approximate surface area is 222 Å². The molecule has 0 fully saturated rings. The molecule has 0 bridgehead atoms. The maximum atomic E-state index is 10.8. The summed E-state index contributed by atoms with van der Waals surface area (Å²) in [6.07, 6.45) is 9.66. The largest absolute Gasteiger partial charge is 0.507 e. The molecule has 2 N–H and O–H groups in total. The first kappa shape index (κ1) is 30.3. The number of rotatable bonds is 11. The lowest BCUT2D eigenvalue weighted by molar-refractivity contribution is 0.436. The summed E-state index contributed by atoms with van der Waals surface area (Å²) < 4.78 is 0. The van der Waals surface area contributed by atoms with Gasteiger partial charge >= 0.3 is 0 Å². The molecule has 0 aliphatic carbocycles. The molecule has 0 saturated heterocycles. The lowest BCUT2D eigenvalue weighted by Crippen LogP contribution is -2.13. The molecule has 0 amide bonds. The van der Waals surface area contributed by atoms with Crippen molar-refractivity contribution >= 4 is 0 Å². The van der Waals surface area contributed by atoms with Crippen LogP contribution in [0.3, 0.4) is 0 Å². The van der Waals surface area contributed by atoms with E-state index in [1.165, 1.54) is 49.7 Å². The first-order chi connectivity index (χ1) is 16.6. The molecule has 0 spiro atoms. The Hall–Kier alpha value is -1.96. The number of hydrogen-bond acceptors (Lipinski definition) is 2. The van der Waals surface area contributed by atoms with Gasteiger partial charge in [-0.1, -0.05) is 119 Å². The molecule has 36 heavy (non-hydrogen) atoms. The van der Waals surface area contributed by atoms with Crippen LogP contribution in [0, 0.1) is 0 Å². The zero-order chi connectivity index (χ0) is 27.3. The molecule has 0 radical (unpaired) electrons. The average Bonchev–Trinajstić information content (AvgIpc) is 2.75. The predicted molar refractivity (Wildman–Crippen MR) is 157 cm³/mol. The lowest BCUT2D eigenvalue weighted by atomic mass is 9.82. The summed E-state index contributed by atoms with van der Waals surface area (Å²) >= 11 is 0. The maximum Gasteiger partial charge on any atom is 0.122 e. The summed E-state index contributed by atoms with van der Waals surface area (Å²) in [5.41, 5.74) is 6.95. The molecular formula is C34H54O2. The van der Waals surface area contributed by atoms with Gasteiger partial charge in [0.1, 0.15) is 11.5 Å². The van der Waals surface area contributed by atoms with Gasteiger partial charge in [0.25, 0.3) is 0 Å². The van der Waals surface area contributed by atoms with Gasteiger partial charge in [-0.05, 0) is 81.7 Å². The quantitative estimate of drug-likeness (QED) is 0.305. The van der Waals surface area contributed by atoms with Crippen molar-refractivity contribution in [1.29, 1.82) is 0 Å². The van der Waals surface area contributed by atoms with Gasteiger partial charge in [-0.25, -0.2) is 0 Å². The van der Waals surface area contributed by atoms with E-state index in [4.69, 9.17) is 0 Å². The van der Waals surface area contributed by atoms with Gasteiger partial charge in [0.05, 0.1) is 0 Å². The molecule has 2 nitrogen and oxygen atoms in total. The Bertz CT molecular complexity index is 902. The number of phenolic OH excluding ortho intramolecular Hbond substituents is 2. The minimum Gasteiger partial charge on any atom is -0.507 e. The number of hydrogen-bond donors (Lipinski definition) is 2. The van der Waals surface area contributed by atoms with E-state index in [1.807, 2.05) is 0 Å². The van der Waals surface area contributed by atoms with Crippen LogP contribution in [-0.4, -0.2) is 10.2 Å². The Balaban J connectivity index is 1.85. The molecule has 0 heterocycles. The maximum absolute atomic E-state index is 10.8. The van der Waals surface area contributed by atoms with Crippen molar-refractivity contribution in [2.75, 3.05) is 0 Å². The fourth-order valence-corrected chi connectivity index (χ4v) is 5.12. The number of benzene rings is 2. The van der Waals surface area contributed by atoms with E-state index < -0.39 is 0 Å². The fraction of sp³-hybridized carbons (Fsp3) is 0.647. The highest BCUT2D eigenvalue weighted by Gasteiger charge is 2.23. The molecule has 2 aromatic carbocycles. The van der Waals surface area contributed by atoms with E-state index >= 15 is 0 Å². The van der Waals surface area contributed by atoms with E-state index in [-0.39, 0.29) is 10.8 Å². The minimum absolute atomic E-state index is 0.0508. The highest BCUT2D eigenvalue weighted by Crippen LogP contribution is 2.39. The van der Waals surface area contributed by atoms with Crippen LogP contribution < -0.4 is 0 Å². The zero-order valence-electron chi connectivity index (χ0n) is 25.0. The molecule has 202 valence electrons. The smallest absolute Gasteiger partial charge is 0.122 e. The molecule has 0 atom stereocenters. The van der Waals surface area contributed by atoms with Crippen LogP contribution in [0.15, 0.2) is 24.3 Å². The Kier molecular flexibility index (Phi) is 10.5. The van der Waals surface area contributed by atoms with E-state index in [0.717, 1.165) is 35.1 Å². The van der Waals surface area contributed by atoms with Crippen LogP contribution in [0.2, 0.25) is 0 Å². The van der Waals surface area contributed by atoms with Crippen molar-refractivity contribution in [3.63, 3.8) is 0 Å². The third-order valence-electron chi connectivity index (χ3n) is 7.44. The summed E-state index contributed by atoms with van der Waals surface area (Å²) in [5, 5.41) is 21.6. The topological polar surface area (TPSA) is 40.5 Å². The standard InChI is InChI=1S/C34H54O2/c1-23(2)27-19-25(21-29(31(27)35)33(5,6)7)17-15-13-11-12-14-16-18-26-20-28(24(3)4)32(36)30(22-26)34(8,9)10/h19-24,35-36H,11-18H2,1-10H3. The summed E-state index contributed by atoms with van der Waals surface area (Å²) in [6, 6.07) is 8.92. The first-order valence-corrected chi connectivity index (χ1v) is 14.4. The van der Waals surface area contributed by atoms with Crippen LogP contribution in [0.25, 0.3) is 0 Å². The molecule has 2 aromatic rings. The van der Waals surface area contributed by atoms with Crippen molar-refractivity contribution in [2.45, 2.75) is 143 Å². The lowest BCUT2D eigenvalue weighted by Gasteiger charge is -2.24. The Morgan fingerprint density at radius 3 is 1.11 bits per heavy atom. The molecule has 2 rings (SSSR count). The minimum atomic E-state index is -0.0508. The highest BCUT2D eigenvalue weighted by atomic mass is 16.3. The third-order valence-corrected chi connectivity index (χ3v) is 7.44. The number of phenols is 2. The summed E-state index contributed by atoms with van der Waals surface area (Å²) in [6.45, 7) is 21.7. The normalized spacial score (nSPS) is 12.7. The van der Waals surface area contributed by atoms with Crippen molar-refractivity contribution in [2.24, 2.45) is 0 Å². The van der Waals surface area contributed by atoms with Crippen LogP contribution in [0.4, 0.5) is 0 Å². The van der Waals surface area contributed by atoms with Gasteiger partial charge in [0, 0.05) is 0 Å². The third kappa shape index (κ3) is 8.29. The second-order valence-electron chi connectivity index (χ2n) is 13.6. The van der Waals surface area contributed by atoms with E-state index in [1.54, 1.807) is 0 Å².